The number of fused-ring (bicyclic) bond motifs is 1. The highest BCUT2D eigenvalue weighted by atomic mass is 32.1. The Balaban J connectivity index is 1.75. The van der Waals surface area contributed by atoms with Crippen molar-refractivity contribution >= 4 is 34.1 Å². The van der Waals surface area contributed by atoms with Crippen molar-refractivity contribution < 1.29 is 23.9 Å². The molecule has 2 aromatic rings. The first kappa shape index (κ1) is 22.8. The van der Waals surface area contributed by atoms with Crippen LogP contribution in [0.1, 0.15) is 64.3 Å². The zero-order valence-corrected chi connectivity index (χ0v) is 19.0. The van der Waals surface area contributed by atoms with E-state index in [9.17, 15) is 14.4 Å². The zero-order chi connectivity index (χ0) is 22.4. The smallest absolute Gasteiger partial charge is 0.341 e. The fraction of sp³-hybridized carbons (Fsp3) is 0.435. The number of anilines is 1. The van der Waals surface area contributed by atoms with Crippen LogP contribution in [0.2, 0.25) is 0 Å². The number of methoxy groups -OCH3 is 1. The minimum atomic E-state index is -0.486. The molecule has 1 aromatic carbocycles. The van der Waals surface area contributed by atoms with E-state index in [1.54, 1.807) is 29.2 Å². The third-order valence-corrected chi connectivity index (χ3v) is 6.38. The molecule has 7 nitrogen and oxygen atoms in total. The van der Waals surface area contributed by atoms with Crippen molar-refractivity contribution in [2.75, 3.05) is 25.6 Å². The van der Waals surface area contributed by atoms with E-state index < -0.39 is 5.97 Å². The van der Waals surface area contributed by atoms with Gasteiger partial charge in [0.1, 0.15) is 10.8 Å². The summed E-state index contributed by atoms with van der Waals surface area (Å²) < 4.78 is 10.6. The highest BCUT2D eigenvalue weighted by Gasteiger charge is 2.30. The molecular formula is C23H28N2O5S. The molecule has 3 rings (SSSR count). The van der Waals surface area contributed by atoms with Gasteiger partial charge in [0.2, 0.25) is 5.91 Å². The van der Waals surface area contributed by atoms with Gasteiger partial charge in [0.05, 0.1) is 25.8 Å². The number of carbonyl (C=O) groups excluding carboxylic acids is 3. The van der Waals surface area contributed by atoms with Crippen LogP contribution in [0.15, 0.2) is 24.3 Å². The van der Waals surface area contributed by atoms with Gasteiger partial charge in [0.15, 0.2) is 0 Å². The monoisotopic (exact) mass is 444 g/mol. The first-order chi connectivity index (χ1) is 14.9. The molecule has 0 bridgehead atoms. The number of benzene rings is 1. The lowest BCUT2D eigenvalue weighted by molar-refractivity contribution is -0.129. The molecule has 0 fully saturated rings. The molecule has 0 spiro atoms. The van der Waals surface area contributed by atoms with Crippen LogP contribution < -0.4 is 10.1 Å². The van der Waals surface area contributed by atoms with E-state index in [1.165, 1.54) is 25.4 Å². The quantitative estimate of drug-likeness (QED) is 0.486. The van der Waals surface area contributed by atoms with Gasteiger partial charge in [-0.25, -0.2) is 4.79 Å². The van der Waals surface area contributed by atoms with Gasteiger partial charge < -0.3 is 19.7 Å². The van der Waals surface area contributed by atoms with Gasteiger partial charge in [-0.05, 0) is 42.7 Å². The number of nitrogens with zero attached hydrogens (tertiary/aromatic N) is 1. The lowest BCUT2D eigenvalue weighted by atomic mass is 10.0. The Morgan fingerprint density at radius 2 is 1.90 bits per heavy atom. The maximum atomic E-state index is 12.8. The number of esters is 1. The third-order valence-electron chi connectivity index (χ3n) is 5.25. The molecule has 1 aliphatic heterocycles. The van der Waals surface area contributed by atoms with Crippen LogP contribution in [0.3, 0.4) is 0 Å². The second-order valence-corrected chi connectivity index (χ2v) is 8.53. The number of hydrogen-bond donors (Lipinski definition) is 1. The Hall–Kier alpha value is -2.87. The molecule has 1 aliphatic rings. The molecule has 1 N–H and O–H groups in total. The van der Waals surface area contributed by atoms with Crippen molar-refractivity contribution in [1.29, 1.82) is 0 Å². The predicted molar refractivity (Wildman–Crippen MR) is 120 cm³/mol. The Morgan fingerprint density at radius 3 is 2.55 bits per heavy atom. The molecule has 0 unspecified atom stereocenters. The number of amides is 2. The largest absolute Gasteiger partial charge is 0.494 e. The van der Waals surface area contributed by atoms with E-state index in [1.807, 2.05) is 0 Å². The van der Waals surface area contributed by atoms with Crippen LogP contribution in [0.25, 0.3) is 0 Å². The molecule has 31 heavy (non-hydrogen) atoms. The number of hydrogen-bond acceptors (Lipinski definition) is 6. The minimum absolute atomic E-state index is 0.0127. The average molecular weight is 445 g/mol. The maximum absolute atomic E-state index is 12.8. The molecule has 0 atom stereocenters. The summed E-state index contributed by atoms with van der Waals surface area (Å²) in [5, 5.41) is 3.31. The van der Waals surface area contributed by atoms with Crippen LogP contribution in [0.4, 0.5) is 5.00 Å². The number of unbranched alkanes of at least 4 members (excludes halogenated alkanes) is 2. The Kier molecular flexibility index (Phi) is 7.68. The molecule has 2 heterocycles. The lowest BCUT2D eigenvalue weighted by Gasteiger charge is -2.25. The summed E-state index contributed by atoms with van der Waals surface area (Å²) in [4.78, 5) is 39.6. The van der Waals surface area contributed by atoms with E-state index in [-0.39, 0.29) is 11.8 Å². The number of nitrogens with one attached hydrogen (secondary N) is 1. The van der Waals surface area contributed by atoms with Crippen LogP contribution in [-0.4, -0.2) is 42.9 Å². The molecular weight excluding hydrogens is 416 g/mol. The summed E-state index contributed by atoms with van der Waals surface area (Å²) in [6, 6.07) is 6.94. The van der Waals surface area contributed by atoms with Gasteiger partial charge in [-0.1, -0.05) is 19.8 Å². The second kappa shape index (κ2) is 10.4. The molecule has 8 heteroatoms. The Labute approximate surface area is 186 Å². The van der Waals surface area contributed by atoms with Gasteiger partial charge in [0.25, 0.3) is 5.91 Å². The summed E-state index contributed by atoms with van der Waals surface area (Å²) in [5.74, 6) is -0.0929. The average Bonchev–Trinajstić information content (AvgIpc) is 3.13. The van der Waals surface area contributed by atoms with E-state index in [2.05, 4.69) is 12.2 Å². The maximum Gasteiger partial charge on any atom is 0.341 e. The van der Waals surface area contributed by atoms with Crippen molar-refractivity contribution in [1.82, 2.24) is 4.90 Å². The number of thiophene rings is 1. The number of carbonyl (C=O) groups is 3. The molecule has 0 aliphatic carbocycles. The van der Waals surface area contributed by atoms with Crippen molar-refractivity contribution in [3.8, 4) is 5.75 Å². The first-order valence-corrected chi connectivity index (χ1v) is 11.3. The summed E-state index contributed by atoms with van der Waals surface area (Å²) >= 11 is 1.32. The van der Waals surface area contributed by atoms with Gasteiger partial charge in [-0.2, -0.15) is 0 Å². The number of ether oxygens (including phenoxy) is 2. The minimum Gasteiger partial charge on any atom is -0.494 e. The van der Waals surface area contributed by atoms with Crippen molar-refractivity contribution in [2.45, 2.75) is 46.1 Å². The zero-order valence-electron chi connectivity index (χ0n) is 18.2. The van der Waals surface area contributed by atoms with Gasteiger partial charge in [-0.3, -0.25) is 9.59 Å². The van der Waals surface area contributed by atoms with Crippen LogP contribution >= 0.6 is 11.3 Å². The molecule has 0 saturated carbocycles. The van der Waals surface area contributed by atoms with E-state index in [0.29, 0.717) is 42.2 Å². The van der Waals surface area contributed by atoms with Gasteiger partial charge in [-0.15, -0.1) is 11.3 Å². The normalized spacial score (nSPS) is 12.8. The van der Waals surface area contributed by atoms with Gasteiger partial charge >= 0.3 is 5.97 Å². The highest BCUT2D eigenvalue weighted by Crippen LogP contribution is 2.38. The molecule has 2 amide bonds. The summed E-state index contributed by atoms with van der Waals surface area (Å²) in [6.07, 6.45) is 3.81. The summed E-state index contributed by atoms with van der Waals surface area (Å²) in [5.41, 5.74) is 1.70. The van der Waals surface area contributed by atoms with E-state index in [4.69, 9.17) is 9.47 Å². The van der Waals surface area contributed by atoms with Crippen molar-refractivity contribution in [3.63, 3.8) is 0 Å². The van der Waals surface area contributed by atoms with Crippen LogP contribution in [0.5, 0.6) is 5.75 Å². The van der Waals surface area contributed by atoms with Gasteiger partial charge in [0, 0.05) is 23.9 Å². The third kappa shape index (κ3) is 5.44. The second-order valence-electron chi connectivity index (χ2n) is 7.42. The fourth-order valence-corrected chi connectivity index (χ4v) is 4.74. The molecule has 166 valence electrons. The molecule has 0 saturated heterocycles. The van der Waals surface area contributed by atoms with E-state index >= 15 is 0 Å². The predicted octanol–water partition coefficient (Wildman–Crippen LogP) is 4.26. The number of rotatable bonds is 8. The first-order valence-electron chi connectivity index (χ1n) is 10.5. The standard InChI is InChI=1S/C23H28N2O5S/c1-4-5-6-13-30-17-9-7-16(8-10-17)21(27)24-22-20(23(28)29-3)18-11-12-25(15(2)26)14-19(18)31-22/h7-10H,4-6,11-14H2,1-3H3,(H,24,27). The van der Waals surface area contributed by atoms with Crippen LogP contribution in [0, 0.1) is 0 Å². The van der Waals surface area contributed by atoms with Crippen molar-refractivity contribution in [3.05, 3.63) is 45.8 Å². The van der Waals surface area contributed by atoms with Crippen LogP contribution in [-0.2, 0) is 22.5 Å². The summed E-state index contributed by atoms with van der Waals surface area (Å²) in [7, 11) is 1.32. The Morgan fingerprint density at radius 1 is 1.16 bits per heavy atom. The SMILES string of the molecule is CCCCCOc1ccc(C(=O)Nc2sc3c(c2C(=O)OC)CCN(C(C)=O)C3)cc1. The summed E-state index contributed by atoms with van der Waals surface area (Å²) in [6.45, 7) is 5.29. The highest BCUT2D eigenvalue weighted by molar-refractivity contribution is 7.17. The topological polar surface area (TPSA) is 84.9 Å². The Bertz CT molecular complexity index is 952. The van der Waals surface area contributed by atoms with Crippen molar-refractivity contribution in [2.24, 2.45) is 0 Å². The fourth-order valence-electron chi connectivity index (χ4n) is 3.50. The van der Waals surface area contributed by atoms with E-state index in [0.717, 1.165) is 35.5 Å². The molecule has 0 radical (unpaired) electrons. The molecule has 1 aromatic heterocycles. The lowest BCUT2D eigenvalue weighted by Crippen LogP contribution is -2.33.